The van der Waals surface area contributed by atoms with Crippen molar-refractivity contribution < 1.29 is 14.3 Å². The van der Waals surface area contributed by atoms with Crippen LogP contribution in [0, 0.1) is 0 Å². The first kappa shape index (κ1) is 12.5. The van der Waals surface area contributed by atoms with E-state index in [4.69, 9.17) is 9.47 Å². The number of hydrogen-bond acceptors (Lipinski definition) is 3. The largest absolute Gasteiger partial charge is 0.508 e. The Hall–Kier alpha value is -1.51. The topological polar surface area (TPSA) is 35.5 Å². The molecule has 78 valence electrons. The minimum absolute atomic E-state index is 0.154. The van der Waals surface area contributed by atoms with Crippen LogP contribution in [0.5, 0.6) is 0 Å². The maximum Gasteiger partial charge on any atom is 0.508 e. The SMILES string of the molecule is C=C/C=C(\C=C)COC(=O)OC(C)C. The minimum Gasteiger partial charge on any atom is -0.432 e. The van der Waals surface area contributed by atoms with Crippen molar-refractivity contribution in [2.45, 2.75) is 20.0 Å². The van der Waals surface area contributed by atoms with Gasteiger partial charge in [0.2, 0.25) is 0 Å². The van der Waals surface area contributed by atoms with Crippen LogP contribution in [0.1, 0.15) is 13.8 Å². The molecule has 0 heterocycles. The summed E-state index contributed by atoms with van der Waals surface area (Å²) >= 11 is 0. The van der Waals surface area contributed by atoms with Crippen molar-refractivity contribution in [3.05, 3.63) is 37.0 Å². The van der Waals surface area contributed by atoms with Crippen molar-refractivity contribution in [3.63, 3.8) is 0 Å². The molecule has 3 nitrogen and oxygen atoms in total. The molecule has 0 aromatic heterocycles. The summed E-state index contributed by atoms with van der Waals surface area (Å²) in [5.41, 5.74) is 0.778. The van der Waals surface area contributed by atoms with Crippen molar-refractivity contribution in [3.8, 4) is 0 Å². The molecule has 0 saturated heterocycles. The lowest BCUT2D eigenvalue weighted by Crippen LogP contribution is -2.14. The highest BCUT2D eigenvalue weighted by Crippen LogP contribution is 2.00. The lowest BCUT2D eigenvalue weighted by atomic mass is 10.2. The molecule has 0 saturated carbocycles. The molecular formula is C11H16O3. The maximum atomic E-state index is 10.9. The summed E-state index contributed by atoms with van der Waals surface area (Å²) in [7, 11) is 0. The van der Waals surface area contributed by atoms with E-state index in [-0.39, 0.29) is 12.7 Å². The molecule has 0 atom stereocenters. The second-order valence-electron chi connectivity index (χ2n) is 2.89. The van der Waals surface area contributed by atoms with Crippen LogP contribution in [0.25, 0.3) is 0 Å². The van der Waals surface area contributed by atoms with Gasteiger partial charge in [0.25, 0.3) is 0 Å². The average Bonchev–Trinajstić information content (AvgIpc) is 2.11. The lowest BCUT2D eigenvalue weighted by molar-refractivity contribution is 0.0404. The molecular weight excluding hydrogens is 180 g/mol. The fourth-order valence-electron chi connectivity index (χ4n) is 0.695. The number of hydrogen-bond donors (Lipinski definition) is 0. The molecule has 0 N–H and O–H groups in total. The first-order chi connectivity index (χ1) is 6.60. The van der Waals surface area contributed by atoms with Gasteiger partial charge in [0.1, 0.15) is 6.61 Å². The van der Waals surface area contributed by atoms with Crippen LogP contribution >= 0.6 is 0 Å². The summed E-state index contributed by atoms with van der Waals surface area (Å²) in [5, 5.41) is 0. The van der Waals surface area contributed by atoms with E-state index in [1.54, 1.807) is 32.1 Å². The molecule has 0 fully saturated rings. The first-order valence-corrected chi connectivity index (χ1v) is 4.37. The third kappa shape index (κ3) is 6.06. The molecule has 0 spiro atoms. The van der Waals surface area contributed by atoms with Crippen molar-refractivity contribution in [2.75, 3.05) is 6.61 Å². The number of carbonyl (C=O) groups excluding carboxylic acids is 1. The van der Waals surface area contributed by atoms with Gasteiger partial charge in [0.05, 0.1) is 6.10 Å². The van der Waals surface area contributed by atoms with Crippen LogP contribution in [0.3, 0.4) is 0 Å². The minimum atomic E-state index is -0.670. The third-order valence-electron chi connectivity index (χ3n) is 1.28. The second kappa shape index (κ2) is 6.95. The van der Waals surface area contributed by atoms with Crippen LogP contribution in [0.2, 0.25) is 0 Å². The van der Waals surface area contributed by atoms with Gasteiger partial charge in [-0.05, 0) is 19.4 Å². The second-order valence-corrected chi connectivity index (χ2v) is 2.89. The van der Waals surface area contributed by atoms with Crippen LogP contribution < -0.4 is 0 Å². The van der Waals surface area contributed by atoms with E-state index in [2.05, 4.69) is 13.2 Å². The lowest BCUT2D eigenvalue weighted by Gasteiger charge is -2.08. The predicted molar refractivity (Wildman–Crippen MR) is 56.0 cm³/mol. The molecule has 0 aromatic rings. The van der Waals surface area contributed by atoms with Gasteiger partial charge in [0.15, 0.2) is 0 Å². The quantitative estimate of drug-likeness (QED) is 0.501. The van der Waals surface area contributed by atoms with Crippen LogP contribution in [-0.4, -0.2) is 18.9 Å². The van der Waals surface area contributed by atoms with Crippen molar-refractivity contribution in [2.24, 2.45) is 0 Å². The third-order valence-corrected chi connectivity index (χ3v) is 1.28. The smallest absolute Gasteiger partial charge is 0.432 e. The molecule has 0 aliphatic rings. The van der Waals surface area contributed by atoms with Gasteiger partial charge in [0, 0.05) is 0 Å². The molecule has 0 amide bonds. The zero-order valence-corrected chi connectivity index (χ0v) is 8.66. The molecule has 0 aliphatic heterocycles. The predicted octanol–water partition coefficient (Wildman–Crippen LogP) is 2.85. The van der Waals surface area contributed by atoms with Gasteiger partial charge in [-0.2, -0.15) is 0 Å². The zero-order valence-electron chi connectivity index (χ0n) is 8.66. The van der Waals surface area contributed by atoms with Gasteiger partial charge in [-0.15, -0.1) is 0 Å². The highest BCUT2D eigenvalue weighted by molar-refractivity contribution is 5.60. The van der Waals surface area contributed by atoms with E-state index in [9.17, 15) is 4.79 Å². The Morgan fingerprint density at radius 3 is 2.50 bits per heavy atom. The Labute approximate surface area is 84.7 Å². The fraction of sp³-hybridized carbons (Fsp3) is 0.364. The Morgan fingerprint density at radius 2 is 2.07 bits per heavy atom. The van der Waals surface area contributed by atoms with Gasteiger partial charge in [-0.3, -0.25) is 0 Å². The van der Waals surface area contributed by atoms with E-state index < -0.39 is 6.16 Å². The van der Waals surface area contributed by atoms with E-state index >= 15 is 0 Å². The Bertz CT molecular complexity index is 239. The van der Waals surface area contributed by atoms with Crippen LogP contribution in [0.4, 0.5) is 4.79 Å². The normalized spacial score (nSPS) is 10.9. The molecule has 0 bridgehead atoms. The number of carbonyl (C=O) groups is 1. The van der Waals surface area contributed by atoms with Gasteiger partial charge >= 0.3 is 6.16 Å². The van der Waals surface area contributed by atoms with Crippen molar-refractivity contribution in [1.82, 2.24) is 0 Å². The molecule has 3 heteroatoms. The van der Waals surface area contributed by atoms with Crippen molar-refractivity contribution >= 4 is 6.16 Å². The number of allylic oxidation sites excluding steroid dienone is 2. The number of ether oxygens (including phenoxy) is 2. The van der Waals surface area contributed by atoms with E-state index in [1.807, 2.05) is 0 Å². The highest BCUT2D eigenvalue weighted by Gasteiger charge is 2.06. The summed E-state index contributed by atoms with van der Waals surface area (Å²) < 4.78 is 9.58. The average molecular weight is 196 g/mol. The summed E-state index contributed by atoms with van der Waals surface area (Å²) in [6, 6.07) is 0. The monoisotopic (exact) mass is 196 g/mol. The summed E-state index contributed by atoms with van der Waals surface area (Å²) in [6.07, 6.45) is 4.09. The summed E-state index contributed by atoms with van der Waals surface area (Å²) in [6.45, 7) is 10.8. The van der Waals surface area contributed by atoms with Crippen LogP contribution in [-0.2, 0) is 9.47 Å². The van der Waals surface area contributed by atoms with E-state index in [1.165, 1.54) is 0 Å². The maximum absolute atomic E-state index is 10.9. The highest BCUT2D eigenvalue weighted by atomic mass is 16.7. The standard InChI is InChI=1S/C11H16O3/c1-5-7-10(6-2)8-13-11(12)14-9(3)4/h5-7,9H,1-2,8H2,3-4H3/b10-7+. The first-order valence-electron chi connectivity index (χ1n) is 4.37. The Morgan fingerprint density at radius 1 is 1.43 bits per heavy atom. The molecule has 0 unspecified atom stereocenters. The Balaban J connectivity index is 3.91. The van der Waals surface area contributed by atoms with Gasteiger partial charge in [-0.25, -0.2) is 4.79 Å². The molecule has 14 heavy (non-hydrogen) atoms. The van der Waals surface area contributed by atoms with Gasteiger partial charge < -0.3 is 9.47 Å². The van der Waals surface area contributed by atoms with Gasteiger partial charge in [-0.1, -0.05) is 31.4 Å². The van der Waals surface area contributed by atoms with E-state index in [0.29, 0.717) is 0 Å². The zero-order chi connectivity index (χ0) is 11.0. The summed E-state index contributed by atoms with van der Waals surface area (Å²) in [5.74, 6) is 0. The fourth-order valence-corrected chi connectivity index (χ4v) is 0.695. The van der Waals surface area contributed by atoms with Crippen molar-refractivity contribution in [1.29, 1.82) is 0 Å². The summed E-state index contributed by atoms with van der Waals surface area (Å²) in [4.78, 5) is 10.9. The van der Waals surface area contributed by atoms with Crippen LogP contribution in [0.15, 0.2) is 37.0 Å². The molecule has 0 radical (unpaired) electrons. The number of rotatable bonds is 5. The Kier molecular flexibility index (Phi) is 6.20. The molecule has 0 aromatic carbocycles. The molecule has 0 rings (SSSR count). The van der Waals surface area contributed by atoms with E-state index in [0.717, 1.165) is 5.57 Å². The molecule has 0 aliphatic carbocycles.